The highest BCUT2D eigenvalue weighted by Gasteiger charge is 2.26. The highest BCUT2D eigenvalue weighted by atomic mass is 16.3. The maximum Gasteiger partial charge on any atom is 0.0664 e. The van der Waals surface area contributed by atoms with Gasteiger partial charge in [0.25, 0.3) is 0 Å². The van der Waals surface area contributed by atoms with E-state index in [4.69, 9.17) is 0 Å². The average Bonchev–Trinajstić information content (AvgIpc) is 2.46. The van der Waals surface area contributed by atoms with Crippen LogP contribution in [-0.2, 0) is 6.42 Å². The van der Waals surface area contributed by atoms with Gasteiger partial charge in [-0.2, -0.15) is 0 Å². The third kappa shape index (κ3) is 3.56. The van der Waals surface area contributed by atoms with Crippen LogP contribution >= 0.6 is 0 Å². The third-order valence-corrected chi connectivity index (χ3v) is 4.08. The first-order valence-corrected chi connectivity index (χ1v) is 7.37. The first-order chi connectivity index (χ1) is 9.26. The molecule has 1 aromatic rings. The lowest BCUT2D eigenvalue weighted by atomic mass is 9.86. The Morgan fingerprint density at radius 3 is 2.89 bits per heavy atom. The van der Waals surface area contributed by atoms with Gasteiger partial charge in [0, 0.05) is 19.1 Å². The SMILES string of the molecule is CC[C@@H](O)CN(CCO)C1CCCc2ccccc21. The standard InChI is InChI=1S/C16H25NO2/c1-2-14(19)12-17(10-11-18)16-9-5-7-13-6-3-4-8-15(13)16/h3-4,6,8,14,16,18-19H,2,5,7,9-12H2,1H3/t14-,16?/m1/s1. The Kier molecular flexibility index (Phi) is 5.37. The van der Waals surface area contributed by atoms with Crippen molar-refractivity contribution in [2.24, 2.45) is 0 Å². The van der Waals surface area contributed by atoms with Gasteiger partial charge in [0.15, 0.2) is 0 Å². The molecule has 1 aliphatic rings. The Morgan fingerprint density at radius 1 is 1.37 bits per heavy atom. The summed E-state index contributed by atoms with van der Waals surface area (Å²) in [6.07, 6.45) is 3.91. The molecule has 0 saturated heterocycles. The second-order valence-electron chi connectivity index (χ2n) is 5.39. The number of aliphatic hydroxyl groups is 2. The van der Waals surface area contributed by atoms with E-state index in [2.05, 4.69) is 29.2 Å². The van der Waals surface area contributed by atoms with Crippen molar-refractivity contribution in [1.29, 1.82) is 0 Å². The molecule has 2 atom stereocenters. The van der Waals surface area contributed by atoms with E-state index in [0.717, 1.165) is 19.3 Å². The van der Waals surface area contributed by atoms with Crippen LogP contribution in [-0.4, -0.2) is 40.9 Å². The molecule has 0 aliphatic heterocycles. The molecule has 0 aromatic heterocycles. The van der Waals surface area contributed by atoms with Gasteiger partial charge in [-0.3, -0.25) is 4.90 Å². The molecule has 1 aliphatic carbocycles. The lowest BCUT2D eigenvalue weighted by Crippen LogP contribution is -2.38. The van der Waals surface area contributed by atoms with E-state index >= 15 is 0 Å². The van der Waals surface area contributed by atoms with E-state index in [1.165, 1.54) is 17.5 Å². The van der Waals surface area contributed by atoms with Crippen molar-refractivity contribution >= 4 is 0 Å². The quantitative estimate of drug-likeness (QED) is 0.826. The van der Waals surface area contributed by atoms with E-state index in [9.17, 15) is 10.2 Å². The Labute approximate surface area is 115 Å². The van der Waals surface area contributed by atoms with Gasteiger partial charge in [-0.25, -0.2) is 0 Å². The molecule has 19 heavy (non-hydrogen) atoms. The zero-order valence-electron chi connectivity index (χ0n) is 11.8. The fourth-order valence-electron chi connectivity index (χ4n) is 3.01. The number of aliphatic hydroxyl groups excluding tert-OH is 2. The minimum Gasteiger partial charge on any atom is -0.395 e. The first kappa shape index (κ1) is 14.5. The number of benzene rings is 1. The van der Waals surface area contributed by atoms with Crippen molar-refractivity contribution in [3.63, 3.8) is 0 Å². The van der Waals surface area contributed by atoms with Crippen LogP contribution in [0.4, 0.5) is 0 Å². The molecule has 0 spiro atoms. The van der Waals surface area contributed by atoms with Gasteiger partial charge in [-0.05, 0) is 36.8 Å². The fraction of sp³-hybridized carbons (Fsp3) is 0.625. The summed E-state index contributed by atoms with van der Waals surface area (Å²) in [5.74, 6) is 0. The van der Waals surface area contributed by atoms with Gasteiger partial charge in [-0.15, -0.1) is 0 Å². The number of hydrogen-bond acceptors (Lipinski definition) is 3. The maximum absolute atomic E-state index is 9.91. The fourth-order valence-corrected chi connectivity index (χ4v) is 3.01. The Bertz CT molecular complexity index is 394. The average molecular weight is 263 g/mol. The summed E-state index contributed by atoms with van der Waals surface area (Å²) < 4.78 is 0. The zero-order valence-corrected chi connectivity index (χ0v) is 11.8. The second kappa shape index (κ2) is 7.04. The van der Waals surface area contributed by atoms with Crippen LogP contribution in [0.2, 0.25) is 0 Å². The molecule has 2 N–H and O–H groups in total. The molecule has 3 heteroatoms. The van der Waals surface area contributed by atoms with E-state index < -0.39 is 0 Å². The Balaban J connectivity index is 2.18. The van der Waals surface area contributed by atoms with Crippen molar-refractivity contribution < 1.29 is 10.2 Å². The molecule has 1 aromatic carbocycles. The summed E-state index contributed by atoms with van der Waals surface area (Å²) in [5.41, 5.74) is 2.80. The van der Waals surface area contributed by atoms with Crippen LogP contribution < -0.4 is 0 Å². The van der Waals surface area contributed by atoms with Crippen LogP contribution in [0.1, 0.15) is 43.4 Å². The number of nitrogens with zero attached hydrogens (tertiary/aromatic N) is 1. The molecule has 2 rings (SSSR count). The molecule has 0 fully saturated rings. The summed E-state index contributed by atoms with van der Waals surface area (Å²) in [4.78, 5) is 2.24. The Hall–Kier alpha value is -0.900. The lowest BCUT2D eigenvalue weighted by Gasteiger charge is -2.36. The van der Waals surface area contributed by atoms with Crippen LogP contribution in [0, 0.1) is 0 Å². The minimum atomic E-state index is -0.305. The summed E-state index contributed by atoms with van der Waals surface area (Å²) in [6.45, 7) is 3.43. The number of hydrogen-bond donors (Lipinski definition) is 2. The van der Waals surface area contributed by atoms with Crippen molar-refractivity contribution in [3.05, 3.63) is 35.4 Å². The normalized spacial score (nSPS) is 20.3. The van der Waals surface area contributed by atoms with Crippen LogP contribution in [0.3, 0.4) is 0 Å². The van der Waals surface area contributed by atoms with Crippen LogP contribution in [0.15, 0.2) is 24.3 Å². The van der Waals surface area contributed by atoms with Crippen molar-refractivity contribution in [2.45, 2.75) is 44.8 Å². The van der Waals surface area contributed by atoms with Crippen molar-refractivity contribution in [2.75, 3.05) is 19.7 Å². The molecule has 0 radical (unpaired) electrons. The van der Waals surface area contributed by atoms with Gasteiger partial charge in [0.05, 0.1) is 12.7 Å². The summed E-state index contributed by atoms with van der Waals surface area (Å²) in [7, 11) is 0. The highest BCUT2D eigenvalue weighted by Crippen LogP contribution is 2.34. The molecule has 106 valence electrons. The third-order valence-electron chi connectivity index (χ3n) is 4.08. The molecule has 0 saturated carbocycles. The van der Waals surface area contributed by atoms with E-state index in [1.807, 2.05) is 6.92 Å². The predicted octanol–water partition coefficient (Wildman–Crippen LogP) is 2.13. The van der Waals surface area contributed by atoms with E-state index in [-0.39, 0.29) is 12.7 Å². The molecular weight excluding hydrogens is 238 g/mol. The molecule has 1 unspecified atom stereocenters. The lowest BCUT2D eigenvalue weighted by molar-refractivity contribution is 0.0651. The minimum absolute atomic E-state index is 0.148. The van der Waals surface area contributed by atoms with E-state index in [1.54, 1.807) is 0 Å². The molecule has 0 amide bonds. The van der Waals surface area contributed by atoms with E-state index in [0.29, 0.717) is 19.1 Å². The largest absolute Gasteiger partial charge is 0.395 e. The second-order valence-corrected chi connectivity index (χ2v) is 5.39. The van der Waals surface area contributed by atoms with Crippen molar-refractivity contribution in [3.8, 4) is 0 Å². The molecular formula is C16H25NO2. The van der Waals surface area contributed by atoms with Crippen molar-refractivity contribution in [1.82, 2.24) is 4.90 Å². The van der Waals surface area contributed by atoms with Gasteiger partial charge >= 0.3 is 0 Å². The van der Waals surface area contributed by atoms with Gasteiger partial charge < -0.3 is 10.2 Å². The number of rotatable bonds is 6. The van der Waals surface area contributed by atoms with Gasteiger partial charge in [0.2, 0.25) is 0 Å². The molecule has 3 nitrogen and oxygen atoms in total. The summed E-state index contributed by atoms with van der Waals surface area (Å²) in [6, 6.07) is 8.93. The predicted molar refractivity (Wildman–Crippen MR) is 77.1 cm³/mol. The number of fused-ring (bicyclic) bond motifs is 1. The first-order valence-electron chi connectivity index (χ1n) is 7.37. The van der Waals surface area contributed by atoms with Crippen LogP contribution in [0.25, 0.3) is 0 Å². The molecule has 0 bridgehead atoms. The number of aryl methyl sites for hydroxylation is 1. The topological polar surface area (TPSA) is 43.7 Å². The summed E-state index contributed by atoms with van der Waals surface area (Å²) in [5, 5.41) is 19.2. The van der Waals surface area contributed by atoms with Gasteiger partial charge in [-0.1, -0.05) is 31.2 Å². The highest BCUT2D eigenvalue weighted by molar-refractivity contribution is 5.32. The monoisotopic (exact) mass is 263 g/mol. The summed E-state index contributed by atoms with van der Waals surface area (Å²) >= 11 is 0. The van der Waals surface area contributed by atoms with Gasteiger partial charge in [0.1, 0.15) is 0 Å². The smallest absolute Gasteiger partial charge is 0.0664 e. The zero-order chi connectivity index (χ0) is 13.7. The van der Waals surface area contributed by atoms with Crippen LogP contribution in [0.5, 0.6) is 0 Å². The molecule has 0 heterocycles. The maximum atomic E-state index is 9.91. The Morgan fingerprint density at radius 2 is 2.16 bits per heavy atom.